The van der Waals surface area contributed by atoms with Gasteiger partial charge in [-0.15, -0.1) is 0 Å². The number of carbonyl (C=O) groups is 2. The van der Waals surface area contributed by atoms with Crippen LogP contribution >= 0.6 is 0 Å². The third-order valence-electron chi connectivity index (χ3n) is 5.11. The van der Waals surface area contributed by atoms with Crippen molar-refractivity contribution >= 4 is 11.8 Å². The number of methoxy groups -OCH3 is 1. The molecular formula is C19H27N3O3. The number of nitrogens with zero attached hydrogens (tertiary/aromatic N) is 1. The maximum atomic E-state index is 12.4. The van der Waals surface area contributed by atoms with Crippen LogP contribution in [0.3, 0.4) is 0 Å². The third-order valence-corrected chi connectivity index (χ3v) is 5.11. The van der Waals surface area contributed by atoms with Gasteiger partial charge in [0.2, 0.25) is 11.8 Å². The van der Waals surface area contributed by atoms with Crippen LogP contribution in [0, 0.1) is 0 Å². The molecule has 1 aliphatic heterocycles. The number of nitrogens with one attached hydrogen (secondary N) is 2. The van der Waals surface area contributed by atoms with Crippen LogP contribution < -0.4 is 15.4 Å². The summed E-state index contributed by atoms with van der Waals surface area (Å²) in [5.41, 5.74) is 1.03. The minimum Gasteiger partial charge on any atom is -0.496 e. The van der Waals surface area contributed by atoms with E-state index in [4.69, 9.17) is 4.74 Å². The largest absolute Gasteiger partial charge is 0.496 e. The number of amides is 2. The van der Waals surface area contributed by atoms with Crippen LogP contribution in [0.5, 0.6) is 5.75 Å². The summed E-state index contributed by atoms with van der Waals surface area (Å²) in [4.78, 5) is 26.8. The quantitative estimate of drug-likeness (QED) is 0.819. The Hall–Kier alpha value is -2.08. The van der Waals surface area contributed by atoms with Gasteiger partial charge in [0.1, 0.15) is 5.75 Å². The molecule has 0 aromatic heterocycles. The van der Waals surface area contributed by atoms with Crippen molar-refractivity contribution in [2.45, 2.75) is 50.7 Å². The maximum Gasteiger partial charge on any atom is 0.237 e. The molecule has 2 fully saturated rings. The number of carbonyl (C=O) groups excluding carboxylic acids is 2. The second-order valence-corrected chi connectivity index (χ2v) is 6.84. The highest BCUT2D eigenvalue weighted by atomic mass is 16.5. The van der Waals surface area contributed by atoms with Crippen molar-refractivity contribution in [2.24, 2.45) is 0 Å². The minimum absolute atomic E-state index is 0.0287. The number of rotatable bonds is 6. The molecule has 6 nitrogen and oxygen atoms in total. The standard InChI is InChI=1S/C19H27N3O3/c1-25-17-9-5-2-6-14(17)13-22-11-10-20-19(24)16(22)12-18(23)21-15-7-3-4-8-15/h2,5-6,9,15-16H,3-4,7-8,10-13H2,1H3,(H,20,24)(H,21,23)/t16-/m0/s1. The van der Waals surface area contributed by atoms with E-state index in [2.05, 4.69) is 15.5 Å². The molecule has 2 amide bonds. The van der Waals surface area contributed by atoms with Gasteiger partial charge in [-0.1, -0.05) is 31.0 Å². The van der Waals surface area contributed by atoms with Crippen LogP contribution in [0.2, 0.25) is 0 Å². The number of hydrogen-bond acceptors (Lipinski definition) is 4. The number of ether oxygens (including phenoxy) is 1. The van der Waals surface area contributed by atoms with Gasteiger partial charge in [0.25, 0.3) is 0 Å². The second-order valence-electron chi connectivity index (χ2n) is 6.84. The highest BCUT2D eigenvalue weighted by molar-refractivity contribution is 5.88. The van der Waals surface area contributed by atoms with E-state index in [0.29, 0.717) is 13.1 Å². The summed E-state index contributed by atoms with van der Waals surface area (Å²) in [5.74, 6) is 0.712. The first-order valence-electron chi connectivity index (χ1n) is 9.10. The molecule has 1 aromatic rings. The molecule has 0 spiro atoms. The molecule has 0 radical (unpaired) electrons. The first-order valence-corrected chi connectivity index (χ1v) is 9.10. The lowest BCUT2D eigenvalue weighted by Crippen LogP contribution is -2.56. The number of hydrogen-bond donors (Lipinski definition) is 2. The molecule has 6 heteroatoms. The van der Waals surface area contributed by atoms with Gasteiger partial charge >= 0.3 is 0 Å². The molecular weight excluding hydrogens is 318 g/mol. The SMILES string of the molecule is COc1ccccc1CN1CCNC(=O)[C@@H]1CC(=O)NC1CCCC1. The molecule has 0 unspecified atom stereocenters. The smallest absolute Gasteiger partial charge is 0.237 e. The number of para-hydroxylation sites is 1. The molecule has 1 saturated heterocycles. The summed E-state index contributed by atoms with van der Waals surface area (Å²) in [6.45, 7) is 1.93. The zero-order chi connectivity index (χ0) is 17.6. The zero-order valence-electron chi connectivity index (χ0n) is 14.8. The van der Waals surface area contributed by atoms with E-state index in [1.807, 2.05) is 24.3 Å². The molecule has 1 heterocycles. The van der Waals surface area contributed by atoms with Crippen molar-refractivity contribution < 1.29 is 14.3 Å². The van der Waals surface area contributed by atoms with Crippen molar-refractivity contribution in [2.75, 3.05) is 20.2 Å². The van der Waals surface area contributed by atoms with Gasteiger partial charge in [0.05, 0.1) is 19.6 Å². The molecule has 3 rings (SSSR count). The predicted octanol–water partition coefficient (Wildman–Crippen LogP) is 1.44. The van der Waals surface area contributed by atoms with Gasteiger partial charge in [-0.2, -0.15) is 0 Å². The summed E-state index contributed by atoms with van der Waals surface area (Å²) < 4.78 is 5.41. The van der Waals surface area contributed by atoms with Gasteiger partial charge in [-0.3, -0.25) is 14.5 Å². The summed E-state index contributed by atoms with van der Waals surface area (Å²) in [6.07, 6.45) is 4.65. The van der Waals surface area contributed by atoms with Crippen molar-refractivity contribution in [1.82, 2.24) is 15.5 Å². The van der Waals surface area contributed by atoms with Gasteiger partial charge < -0.3 is 15.4 Å². The normalized spacial score (nSPS) is 21.8. The lowest BCUT2D eigenvalue weighted by atomic mass is 10.1. The fourth-order valence-corrected chi connectivity index (χ4v) is 3.76. The van der Waals surface area contributed by atoms with E-state index in [9.17, 15) is 9.59 Å². The molecule has 1 aliphatic carbocycles. The lowest BCUT2D eigenvalue weighted by molar-refractivity contribution is -0.134. The van der Waals surface area contributed by atoms with E-state index < -0.39 is 6.04 Å². The van der Waals surface area contributed by atoms with Gasteiger partial charge in [0, 0.05) is 31.2 Å². The Morgan fingerprint density at radius 2 is 2.08 bits per heavy atom. The topological polar surface area (TPSA) is 70.7 Å². The summed E-state index contributed by atoms with van der Waals surface area (Å²) in [7, 11) is 1.65. The molecule has 0 bridgehead atoms. The van der Waals surface area contributed by atoms with Gasteiger partial charge in [0.15, 0.2) is 0 Å². The highest BCUT2D eigenvalue weighted by Gasteiger charge is 2.32. The Bertz CT molecular complexity index is 614. The average molecular weight is 345 g/mol. The molecule has 25 heavy (non-hydrogen) atoms. The average Bonchev–Trinajstić information content (AvgIpc) is 3.11. The van der Waals surface area contributed by atoms with E-state index in [1.165, 1.54) is 12.8 Å². The van der Waals surface area contributed by atoms with Crippen molar-refractivity contribution in [1.29, 1.82) is 0 Å². The Balaban J connectivity index is 1.66. The van der Waals surface area contributed by atoms with Crippen LogP contribution in [-0.4, -0.2) is 49.0 Å². The van der Waals surface area contributed by atoms with Crippen molar-refractivity contribution in [3.8, 4) is 5.75 Å². The highest BCUT2D eigenvalue weighted by Crippen LogP contribution is 2.22. The first-order chi connectivity index (χ1) is 12.2. The summed E-state index contributed by atoms with van der Waals surface area (Å²) >= 11 is 0. The predicted molar refractivity (Wildman–Crippen MR) is 95.2 cm³/mol. The molecule has 2 N–H and O–H groups in total. The van der Waals surface area contributed by atoms with Crippen LogP contribution in [-0.2, 0) is 16.1 Å². The van der Waals surface area contributed by atoms with Crippen LogP contribution in [0.15, 0.2) is 24.3 Å². The Labute approximate surface area is 148 Å². The summed E-state index contributed by atoms with van der Waals surface area (Å²) in [5, 5.41) is 5.97. The molecule has 1 atom stereocenters. The number of benzene rings is 1. The van der Waals surface area contributed by atoms with E-state index in [0.717, 1.165) is 30.7 Å². The van der Waals surface area contributed by atoms with Crippen LogP contribution in [0.1, 0.15) is 37.7 Å². The second kappa shape index (κ2) is 8.34. The molecule has 1 saturated carbocycles. The van der Waals surface area contributed by atoms with Gasteiger partial charge in [-0.25, -0.2) is 0 Å². The lowest BCUT2D eigenvalue weighted by Gasteiger charge is -2.35. The van der Waals surface area contributed by atoms with E-state index >= 15 is 0 Å². The third kappa shape index (κ3) is 4.51. The monoisotopic (exact) mass is 345 g/mol. The van der Waals surface area contributed by atoms with Crippen molar-refractivity contribution in [3.63, 3.8) is 0 Å². The molecule has 136 valence electrons. The Morgan fingerprint density at radius 1 is 1.32 bits per heavy atom. The van der Waals surface area contributed by atoms with Gasteiger partial charge in [-0.05, 0) is 18.9 Å². The fourth-order valence-electron chi connectivity index (χ4n) is 3.76. The number of piperazine rings is 1. The van der Waals surface area contributed by atoms with Crippen LogP contribution in [0.25, 0.3) is 0 Å². The summed E-state index contributed by atoms with van der Waals surface area (Å²) in [6, 6.07) is 7.66. The molecule has 1 aromatic carbocycles. The zero-order valence-corrected chi connectivity index (χ0v) is 14.8. The van der Waals surface area contributed by atoms with E-state index in [1.54, 1.807) is 7.11 Å². The maximum absolute atomic E-state index is 12.4. The van der Waals surface area contributed by atoms with Crippen molar-refractivity contribution in [3.05, 3.63) is 29.8 Å². The minimum atomic E-state index is -0.430. The fraction of sp³-hybridized carbons (Fsp3) is 0.579. The van der Waals surface area contributed by atoms with Crippen LogP contribution in [0.4, 0.5) is 0 Å². The first kappa shape index (κ1) is 17.7. The van der Waals surface area contributed by atoms with E-state index in [-0.39, 0.29) is 24.3 Å². The Kier molecular flexibility index (Phi) is 5.91. The Morgan fingerprint density at radius 3 is 2.84 bits per heavy atom. The molecule has 2 aliphatic rings.